The van der Waals surface area contributed by atoms with Gasteiger partial charge in [0.15, 0.2) is 0 Å². The molecule has 0 amide bonds. The zero-order chi connectivity index (χ0) is 19.2. The van der Waals surface area contributed by atoms with Crippen molar-refractivity contribution in [3.05, 3.63) is 84.3 Å². The number of nitrogens with zero attached hydrogens (tertiary/aromatic N) is 3. The van der Waals surface area contributed by atoms with Gasteiger partial charge in [0.2, 0.25) is 5.88 Å². The van der Waals surface area contributed by atoms with Gasteiger partial charge in [-0.2, -0.15) is 0 Å². The molecule has 0 aliphatic heterocycles. The zero-order valence-electron chi connectivity index (χ0n) is 14.7. The first-order valence-electron chi connectivity index (χ1n) is 8.51. The van der Waals surface area contributed by atoms with Crippen LogP contribution >= 0.6 is 11.3 Å². The molecule has 0 atom stereocenters. The monoisotopic (exact) mass is 389 g/mol. The Labute approximate surface area is 165 Å². The molecule has 0 saturated carbocycles. The van der Waals surface area contributed by atoms with Gasteiger partial charge in [-0.15, -0.1) is 11.3 Å². The fraction of sp³-hybridized carbons (Fsp3) is 0.0476. The van der Waals surface area contributed by atoms with E-state index >= 15 is 0 Å². The minimum Gasteiger partial charge on any atom is -0.439 e. The molecule has 0 aliphatic carbocycles. The van der Waals surface area contributed by atoms with Crippen LogP contribution in [0, 0.1) is 0 Å². The summed E-state index contributed by atoms with van der Waals surface area (Å²) in [5.41, 5.74) is 1.60. The van der Waals surface area contributed by atoms with Crippen molar-refractivity contribution in [1.29, 1.82) is 0 Å². The molecule has 0 unspecified atom stereocenters. The van der Waals surface area contributed by atoms with Gasteiger partial charge in [0.1, 0.15) is 16.5 Å². The molecule has 7 heteroatoms. The number of ether oxygens (including phenoxy) is 2. The predicted molar refractivity (Wildman–Crippen MR) is 105 cm³/mol. The van der Waals surface area contributed by atoms with Crippen LogP contribution in [0.25, 0.3) is 10.6 Å². The quantitative estimate of drug-likeness (QED) is 0.356. The van der Waals surface area contributed by atoms with Gasteiger partial charge in [-0.3, -0.25) is 9.78 Å². The van der Waals surface area contributed by atoms with Crippen molar-refractivity contribution < 1.29 is 14.3 Å². The van der Waals surface area contributed by atoms with E-state index in [9.17, 15) is 4.79 Å². The molecule has 0 saturated heterocycles. The zero-order valence-corrected chi connectivity index (χ0v) is 15.5. The van der Waals surface area contributed by atoms with E-state index in [1.54, 1.807) is 48.9 Å². The highest BCUT2D eigenvalue weighted by molar-refractivity contribution is 7.13. The smallest absolute Gasteiger partial charge is 0.317 e. The SMILES string of the molecule is O=C(Cc1csc(-c2cccnc2)n1)Oc1ccc(Oc2ccccn2)cc1. The second-order valence-electron chi connectivity index (χ2n) is 5.78. The minimum atomic E-state index is -0.374. The fourth-order valence-electron chi connectivity index (χ4n) is 2.43. The Bertz CT molecular complexity index is 1050. The number of hydrogen-bond donors (Lipinski definition) is 0. The number of esters is 1. The molecule has 3 heterocycles. The first-order valence-corrected chi connectivity index (χ1v) is 9.39. The molecule has 3 aromatic heterocycles. The first kappa shape index (κ1) is 17.8. The fourth-order valence-corrected chi connectivity index (χ4v) is 3.24. The summed E-state index contributed by atoms with van der Waals surface area (Å²) in [5, 5.41) is 2.68. The highest BCUT2D eigenvalue weighted by Crippen LogP contribution is 2.24. The van der Waals surface area contributed by atoms with Gasteiger partial charge in [0.25, 0.3) is 0 Å². The Kier molecular flexibility index (Phi) is 5.35. The minimum absolute atomic E-state index is 0.100. The lowest BCUT2D eigenvalue weighted by atomic mass is 10.3. The van der Waals surface area contributed by atoms with Crippen LogP contribution in [-0.2, 0) is 11.2 Å². The normalized spacial score (nSPS) is 10.4. The molecule has 0 N–H and O–H groups in total. The number of carbonyl (C=O) groups excluding carboxylic acids is 1. The van der Waals surface area contributed by atoms with Crippen molar-refractivity contribution in [2.45, 2.75) is 6.42 Å². The number of hydrogen-bond acceptors (Lipinski definition) is 7. The first-order chi connectivity index (χ1) is 13.8. The number of aromatic nitrogens is 3. The van der Waals surface area contributed by atoms with Crippen molar-refractivity contribution in [1.82, 2.24) is 15.0 Å². The number of benzene rings is 1. The van der Waals surface area contributed by atoms with E-state index in [-0.39, 0.29) is 12.4 Å². The van der Waals surface area contributed by atoms with Gasteiger partial charge in [-0.25, -0.2) is 9.97 Å². The van der Waals surface area contributed by atoms with E-state index in [0.717, 1.165) is 10.6 Å². The maximum atomic E-state index is 12.2. The van der Waals surface area contributed by atoms with Gasteiger partial charge in [0.05, 0.1) is 12.1 Å². The van der Waals surface area contributed by atoms with Gasteiger partial charge in [-0.1, -0.05) is 6.07 Å². The van der Waals surface area contributed by atoms with Crippen molar-refractivity contribution in [3.63, 3.8) is 0 Å². The second kappa shape index (κ2) is 8.41. The molecule has 0 spiro atoms. The molecule has 6 nitrogen and oxygen atoms in total. The molecule has 138 valence electrons. The summed E-state index contributed by atoms with van der Waals surface area (Å²) in [7, 11) is 0. The average Bonchev–Trinajstić information content (AvgIpc) is 3.19. The Hall–Kier alpha value is -3.58. The molecule has 1 aromatic carbocycles. The van der Waals surface area contributed by atoms with Gasteiger partial charge < -0.3 is 9.47 Å². The van der Waals surface area contributed by atoms with Gasteiger partial charge in [-0.05, 0) is 42.5 Å². The lowest BCUT2D eigenvalue weighted by molar-refractivity contribution is -0.133. The summed E-state index contributed by atoms with van der Waals surface area (Å²) >= 11 is 1.47. The number of rotatable bonds is 6. The number of carbonyl (C=O) groups is 1. The molecule has 0 fully saturated rings. The van der Waals surface area contributed by atoms with Crippen LogP contribution < -0.4 is 9.47 Å². The van der Waals surface area contributed by atoms with Crippen molar-refractivity contribution in [3.8, 4) is 28.0 Å². The summed E-state index contributed by atoms with van der Waals surface area (Å²) in [5.74, 6) is 1.18. The van der Waals surface area contributed by atoms with Gasteiger partial charge >= 0.3 is 5.97 Å². The van der Waals surface area contributed by atoms with E-state index in [1.807, 2.05) is 29.6 Å². The molecule has 0 radical (unpaired) electrons. The lowest BCUT2D eigenvalue weighted by Crippen LogP contribution is -2.11. The van der Waals surface area contributed by atoms with Crippen LogP contribution in [0.15, 0.2) is 78.6 Å². The van der Waals surface area contributed by atoms with Crippen LogP contribution in [0.1, 0.15) is 5.69 Å². The highest BCUT2D eigenvalue weighted by atomic mass is 32.1. The molecule has 28 heavy (non-hydrogen) atoms. The Balaban J connectivity index is 1.34. The van der Waals surface area contributed by atoms with E-state index < -0.39 is 0 Å². The van der Waals surface area contributed by atoms with Crippen LogP contribution in [0.4, 0.5) is 0 Å². The standard InChI is InChI=1S/C21H15N3O3S/c25-20(12-16-14-28-21(24-16)15-4-3-10-22-13-15)27-18-8-6-17(7-9-18)26-19-5-1-2-11-23-19/h1-11,13-14H,12H2. The second-order valence-corrected chi connectivity index (χ2v) is 6.64. The number of pyridine rings is 2. The Morgan fingerprint density at radius 2 is 1.82 bits per heavy atom. The Morgan fingerprint density at radius 3 is 2.57 bits per heavy atom. The van der Waals surface area contributed by atoms with Crippen molar-refractivity contribution in [2.24, 2.45) is 0 Å². The Morgan fingerprint density at radius 1 is 0.964 bits per heavy atom. The van der Waals surface area contributed by atoms with Crippen LogP contribution in [0.3, 0.4) is 0 Å². The van der Waals surface area contributed by atoms with Crippen LogP contribution in [0.2, 0.25) is 0 Å². The van der Waals surface area contributed by atoms with Crippen molar-refractivity contribution >= 4 is 17.3 Å². The van der Waals surface area contributed by atoms with Gasteiger partial charge in [0, 0.05) is 35.6 Å². The molecule has 0 bridgehead atoms. The lowest BCUT2D eigenvalue weighted by Gasteiger charge is -2.06. The van der Waals surface area contributed by atoms with E-state index in [1.165, 1.54) is 11.3 Å². The third-order valence-corrected chi connectivity index (χ3v) is 4.64. The van der Waals surface area contributed by atoms with E-state index in [0.29, 0.717) is 23.1 Å². The predicted octanol–water partition coefficient (Wildman–Crippen LogP) is 4.54. The van der Waals surface area contributed by atoms with Crippen molar-refractivity contribution in [2.75, 3.05) is 0 Å². The summed E-state index contributed by atoms with van der Waals surface area (Å²) in [6.45, 7) is 0. The average molecular weight is 389 g/mol. The third-order valence-electron chi connectivity index (χ3n) is 3.70. The van der Waals surface area contributed by atoms with E-state index in [2.05, 4.69) is 15.0 Å². The molecular weight excluding hydrogens is 374 g/mol. The topological polar surface area (TPSA) is 74.2 Å². The third kappa shape index (κ3) is 4.57. The summed E-state index contributed by atoms with van der Waals surface area (Å²) < 4.78 is 11.0. The number of thiazole rings is 1. The van der Waals surface area contributed by atoms with Crippen LogP contribution in [0.5, 0.6) is 17.4 Å². The van der Waals surface area contributed by atoms with Crippen LogP contribution in [-0.4, -0.2) is 20.9 Å². The molecule has 4 aromatic rings. The summed E-state index contributed by atoms with van der Waals surface area (Å²) in [4.78, 5) is 24.8. The molecular formula is C21H15N3O3S. The molecule has 0 aliphatic rings. The summed E-state index contributed by atoms with van der Waals surface area (Å²) in [6, 6.07) is 16.0. The molecule has 4 rings (SSSR count). The summed E-state index contributed by atoms with van der Waals surface area (Å²) in [6.07, 6.45) is 5.21. The largest absolute Gasteiger partial charge is 0.439 e. The highest BCUT2D eigenvalue weighted by Gasteiger charge is 2.11. The maximum Gasteiger partial charge on any atom is 0.317 e. The maximum absolute atomic E-state index is 12.2. The van der Waals surface area contributed by atoms with E-state index in [4.69, 9.17) is 9.47 Å².